The number of nitrogens with zero attached hydrogens (tertiary/aromatic N) is 1. The fourth-order valence-corrected chi connectivity index (χ4v) is 2.30. The van der Waals surface area contributed by atoms with Crippen LogP contribution in [0.2, 0.25) is 0 Å². The molecule has 1 aliphatic rings. The van der Waals surface area contributed by atoms with Crippen LogP contribution in [0.1, 0.15) is 29.8 Å². The second-order valence-electron chi connectivity index (χ2n) is 5.42. The van der Waals surface area contributed by atoms with Crippen LogP contribution in [0.5, 0.6) is 0 Å². The molecule has 0 aromatic heterocycles. The summed E-state index contributed by atoms with van der Waals surface area (Å²) in [6.07, 6.45) is 0.937. The molecule has 1 aromatic carbocycles. The van der Waals surface area contributed by atoms with Crippen LogP contribution >= 0.6 is 0 Å². The fourth-order valence-electron chi connectivity index (χ4n) is 2.30. The maximum atomic E-state index is 12.4. The van der Waals surface area contributed by atoms with Gasteiger partial charge in [0.25, 0.3) is 5.91 Å². The fraction of sp³-hybridized carbons (Fsp3) is 0.438. The summed E-state index contributed by atoms with van der Waals surface area (Å²) >= 11 is 0. The van der Waals surface area contributed by atoms with E-state index in [4.69, 9.17) is 0 Å². The standard InChI is InChI=1S/C16H22N2O/c1-12(2)17-10-13(3)11-18-9-8-14-6-4-5-7-15(14)16(18)19/h4-7,12,17H,3,8-11H2,1-2H3. The van der Waals surface area contributed by atoms with Crippen LogP contribution in [0.25, 0.3) is 0 Å². The summed E-state index contributed by atoms with van der Waals surface area (Å²) in [5.41, 5.74) is 3.06. The first-order valence-corrected chi connectivity index (χ1v) is 6.85. The van der Waals surface area contributed by atoms with Gasteiger partial charge in [-0.3, -0.25) is 4.79 Å². The third-order valence-electron chi connectivity index (χ3n) is 3.36. The molecule has 1 amide bonds. The molecule has 0 saturated carbocycles. The maximum Gasteiger partial charge on any atom is 0.254 e. The van der Waals surface area contributed by atoms with Crippen molar-refractivity contribution in [2.75, 3.05) is 19.6 Å². The smallest absolute Gasteiger partial charge is 0.254 e. The number of carbonyl (C=O) groups is 1. The summed E-state index contributed by atoms with van der Waals surface area (Å²) in [7, 11) is 0. The number of rotatable bonds is 5. The van der Waals surface area contributed by atoms with Gasteiger partial charge in [-0.15, -0.1) is 0 Å². The van der Waals surface area contributed by atoms with Crippen molar-refractivity contribution >= 4 is 5.91 Å². The number of hydrogen-bond donors (Lipinski definition) is 1. The first-order chi connectivity index (χ1) is 9.08. The number of hydrogen-bond acceptors (Lipinski definition) is 2. The summed E-state index contributed by atoms with van der Waals surface area (Å²) in [4.78, 5) is 14.3. The summed E-state index contributed by atoms with van der Waals surface area (Å²) < 4.78 is 0. The molecule has 102 valence electrons. The number of benzene rings is 1. The number of carbonyl (C=O) groups excluding carboxylic acids is 1. The van der Waals surface area contributed by atoms with E-state index in [1.165, 1.54) is 0 Å². The van der Waals surface area contributed by atoms with Gasteiger partial charge in [0.05, 0.1) is 0 Å². The van der Waals surface area contributed by atoms with Crippen molar-refractivity contribution in [3.05, 3.63) is 47.5 Å². The average Bonchev–Trinajstić information content (AvgIpc) is 2.40. The normalized spacial score (nSPS) is 14.7. The Bertz CT molecular complexity index is 479. The van der Waals surface area contributed by atoms with Crippen LogP contribution in [0.4, 0.5) is 0 Å². The summed E-state index contributed by atoms with van der Waals surface area (Å²) in [5.74, 6) is 0.132. The van der Waals surface area contributed by atoms with Gasteiger partial charge < -0.3 is 10.2 Å². The molecule has 19 heavy (non-hydrogen) atoms. The van der Waals surface area contributed by atoms with Crippen molar-refractivity contribution in [1.82, 2.24) is 10.2 Å². The zero-order valence-electron chi connectivity index (χ0n) is 11.8. The Morgan fingerprint density at radius 3 is 2.89 bits per heavy atom. The van der Waals surface area contributed by atoms with Crippen LogP contribution in [-0.2, 0) is 6.42 Å². The molecular formula is C16H22N2O. The largest absolute Gasteiger partial charge is 0.334 e. The van der Waals surface area contributed by atoms with Crippen LogP contribution in [-0.4, -0.2) is 36.5 Å². The lowest BCUT2D eigenvalue weighted by Crippen LogP contribution is -2.40. The van der Waals surface area contributed by atoms with E-state index in [1.807, 2.05) is 29.2 Å². The minimum atomic E-state index is 0.132. The lowest BCUT2D eigenvalue weighted by Gasteiger charge is -2.29. The van der Waals surface area contributed by atoms with Gasteiger partial charge >= 0.3 is 0 Å². The first-order valence-electron chi connectivity index (χ1n) is 6.85. The third kappa shape index (κ3) is 3.44. The molecule has 0 saturated heterocycles. The van der Waals surface area contributed by atoms with E-state index in [1.54, 1.807) is 0 Å². The second-order valence-corrected chi connectivity index (χ2v) is 5.42. The number of amides is 1. The molecule has 0 fully saturated rings. The van der Waals surface area contributed by atoms with Crippen molar-refractivity contribution < 1.29 is 4.79 Å². The lowest BCUT2D eigenvalue weighted by molar-refractivity contribution is 0.0754. The van der Waals surface area contributed by atoms with Gasteiger partial charge in [-0.1, -0.05) is 38.6 Å². The van der Waals surface area contributed by atoms with Crippen LogP contribution < -0.4 is 5.32 Å². The summed E-state index contributed by atoms with van der Waals surface area (Å²) in [6, 6.07) is 8.32. The number of fused-ring (bicyclic) bond motifs is 1. The zero-order chi connectivity index (χ0) is 13.8. The molecule has 1 heterocycles. The molecule has 0 atom stereocenters. The van der Waals surface area contributed by atoms with Crippen molar-refractivity contribution in [1.29, 1.82) is 0 Å². The number of nitrogens with one attached hydrogen (secondary N) is 1. The van der Waals surface area contributed by atoms with E-state index >= 15 is 0 Å². The third-order valence-corrected chi connectivity index (χ3v) is 3.36. The van der Waals surface area contributed by atoms with Crippen molar-refractivity contribution in [3.8, 4) is 0 Å². The van der Waals surface area contributed by atoms with Crippen LogP contribution in [0.15, 0.2) is 36.4 Å². The van der Waals surface area contributed by atoms with Gasteiger partial charge in [0.1, 0.15) is 0 Å². The van der Waals surface area contributed by atoms with Gasteiger partial charge in [0.15, 0.2) is 0 Å². The lowest BCUT2D eigenvalue weighted by atomic mass is 9.99. The van der Waals surface area contributed by atoms with Crippen molar-refractivity contribution in [2.45, 2.75) is 26.3 Å². The highest BCUT2D eigenvalue weighted by molar-refractivity contribution is 5.96. The topological polar surface area (TPSA) is 32.3 Å². The predicted octanol–water partition coefficient (Wildman–Crippen LogP) is 2.24. The minimum absolute atomic E-state index is 0.132. The molecule has 0 bridgehead atoms. The summed E-state index contributed by atoms with van der Waals surface area (Å²) in [6.45, 7) is 10.5. The van der Waals surface area contributed by atoms with Crippen LogP contribution in [0, 0.1) is 0 Å². The first kappa shape index (κ1) is 13.8. The molecule has 3 heteroatoms. The molecule has 2 rings (SSSR count). The molecule has 0 aliphatic carbocycles. The van der Waals surface area contributed by atoms with Crippen LogP contribution in [0.3, 0.4) is 0 Å². The maximum absolute atomic E-state index is 12.4. The molecule has 1 aromatic rings. The molecule has 1 N–H and O–H groups in total. The van der Waals surface area contributed by atoms with Gasteiger partial charge in [-0.2, -0.15) is 0 Å². The van der Waals surface area contributed by atoms with E-state index in [0.717, 1.165) is 36.2 Å². The Morgan fingerprint density at radius 2 is 2.16 bits per heavy atom. The van der Waals surface area contributed by atoms with Crippen molar-refractivity contribution in [3.63, 3.8) is 0 Å². The van der Waals surface area contributed by atoms with E-state index in [9.17, 15) is 4.79 Å². The Labute approximate surface area is 115 Å². The van der Waals surface area contributed by atoms with Gasteiger partial charge in [-0.25, -0.2) is 0 Å². The Morgan fingerprint density at radius 1 is 1.42 bits per heavy atom. The molecule has 3 nitrogen and oxygen atoms in total. The van der Waals surface area contributed by atoms with Crippen molar-refractivity contribution in [2.24, 2.45) is 0 Å². The highest BCUT2D eigenvalue weighted by atomic mass is 16.2. The second kappa shape index (κ2) is 6.02. The zero-order valence-corrected chi connectivity index (χ0v) is 11.8. The predicted molar refractivity (Wildman–Crippen MR) is 78.3 cm³/mol. The Balaban J connectivity index is 1.97. The molecule has 0 unspecified atom stereocenters. The minimum Gasteiger partial charge on any atom is -0.334 e. The van der Waals surface area contributed by atoms with E-state index in [0.29, 0.717) is 12.6 Å². The monoisotopic (exact) mass is 258 g/mol. The SMILES string of the molecule is C=C(CNC(C)C)CN1CCc2ccccc2C1=O. The summed E-state index contributed by atoms with van der Waals surface area (Å²) in [5, 5.41) is 3.33. The quantitative estimate of drug-likeness (QED) is 0.822. The molecular weight excluding hydrogens is 236 g/mol. The van der Waals surface area contributed by atoms with Gasteiger partial charge in [-0.05, 0) is 23.6 Å². The van der Waals surface area contributed by atoms with E-state index in [-0.39, 0.29) is 5.91 Å². The average molecular weight is 258 g/mol. The van der Waals surface area contributed by atoms with Gasteiger partial charge in [0, 0.05) is 31.2 Å². The van der Waals surface area contributed by atoms with E-state index in [2.05, 4.69) is 25.7 Å². The highest BCUT2D eigenvalue weighted by Crippen LogP contribution is 2.19. The molecule has 0 spiro atoms. The Kier molecular flexibility index (Phi) is 4.38. The van der Waals surface area contributed by atoms with Gasteiger partial charge in [0.2, 0.25) is 0 Å². The molecule has 1 aliphatic heterocycles. The van der Waals surface area contributed by atoms with E-state index < -0.39 is 0 Å². The highest BCUT2D eigenvalue weighted by Gasteiger charge is 2.23. The molecule has 0 radical (unpaired) electrons. The Hall–Kier alpha value is -1.61.